The van der Waals surface area contributed by atoms with Crippen LogP contribution >= 0.6 is 0 Å². The van der Waals surface area contributed by atoms with Gasteiger partial charge in [-0.25, -0.2) is 4.98 Å². The summed E-state index contributed by atoms with van der Waals surface area (Å²) in [5, 5.41) is 3.53. The van der Waals surface area contributed by atoms with Gasteiger partial charge in [-0.05, 0) is 23.6 Å². The molecule has 1 aliphatic rings. The van der Waals surface area contributed by atoms with Crippen LogP contribution in [0.4, 0.5) is 0 Å². The molecule has 3 heterocycles. The first kappa shape index (κ1) is 12.3. The first-order valence-electron chi connectivity index (χ1n) is 7.04. The predicted octanol–water partition coefficient (Wildman–Crippen LogP) is 2.35. The van der Waals surface area contributed by atoms with Crippen molar-refractivity contribution in [2.45, 2.75) is 19.0 Å². The second kappa shape index (κ2) is 4.86. The smallest absolute Gasteiger partial charge is 0.215 e. The molecule has 0 saturated carbocycles. The minimum atomic E-state index is 0.195. The average molecular weight is 280 g/mol. The van der Waals surface area contributed by atoms with E-state index in [1.54, 1.807) is 7.11 Å². The summed E-state index contributed by atoms with van der Waals surface area (Å²) in [7, 11) is 1.61. The second-order valence-corrected chi connectivity index (χ2v) is 5.25. The van der Waals surface area contributed by atoms with E-state index in [4.69, 9.17) is 4.74 Å². The number of aromatic amines is 1. The lowest BCUT2D eigenvalue weighted by Gasteiger charge is -2.24. The van der Waals surface area contributed by atoms with Gasteiger partial charge in [0.2, 0.25) is 5.88 Å². The van der Waals surface area contributed by atoms with E-state index in [9.17, 15) is 0 Å². The van der Waals surface area contributed by atoms with Crippen molar-refractivity contribution < 1.29 is 4.74 Å². The van der Waals surface area contributed by atoms with E-state index in [1.807, 2.05) is 12.1 Å². The van der Waals surface area contributed by atoms with E-state index in [-0.39, 0.29) is 6.04 Å². The summed E-state index contributed by atoms with van der Waals surface area (Å²) in [4.78, 5) is 12.3. The Morgan fingerprint density at radius 2 is 1.95 bits per heavy atom. The Bertz CT molecular complexity index is 796. The summed E-state index contributed by atoms with van der Waals surface area (Å²) in [6.45, 7) is 0.870. The zero-order valence-corrected chi connectivity index (χ0v) is 11.8. The van der Waals surface area contributed by atoms with Crippen molar-refractivity contribution in [2.24, 2.45) is 0 Å². The maximum Gasteiger partial charge on any atom is 0.215 e. The molecule has 4 rings (SSSR count). The third-order valence-electron chi connectivity index (χ3n) is 3.96. The monoisotopic (exact) mass is 280 g/mol. The summed E-state index contributed by atoms with van der Waals surface area (Å²) in [6.07, 6.45) is 0.938. The number of methoxy groups -OCH3 is 1. The number of nitrogens with zero attached hydrogens (tertiary/aromatic N) is 2. The Labute approximate surface area is 122 Å². The SMILES string of the molecule is COc1ccc2[nH]c(C3Cc4ccccc4CN3)nc2n1. The molecule has 1 unspecified atom stereocenters. The maximum absolute atomic E-state index is 5.14. The number of benzene rings is 1. The van der Waals surface area contributed by atoms with Crippen LogP contribution in [0.5, 0.6) is 5.88 Å². The standard InChI is InChI=1S/C16H16N4O/c1-21-14-7-6-12-15(19-14)20-16(18-12)13-8-10-4-2-3-5-11(10)9-17-13/h2-7,13,17H,8-9H2,1H3,(H,18,19,20). The van der Waals surface area contributed by atoms with Crippen LogP contribution in [0, 0.1) is 0 Å². The van der Waals surface area contributed by atoms with Crippen LogP contribution in [0.25, 0.3) is 11.2 Å². The molecule has 1 aromatic carbocycles. The topological polar surface area (TPSA) is 62.8 Å². The number of hydrogen-bond donors (Lipinski definition) is 2. The number of pyridine rings is 1. The lowest BCUT2D eigenvalue weighted by Crippen LogP contribution is -2.29. The molecule has 21 heavy (non-hydrogen) atoms. The first-order valence-corrected chi connectivity index (χ1v) is 7.04. The van der Waals surface area contributed by atoms with Crippen molar-refractivity contribution in [1.82, 2.24) is 20.3 Å². The van der Waals surface area contributed by atoms with E-state index in [0.717, 1.165) is 24.3 Å². The van der Waals surface area contributed by atoms with Gasteiger partial charge < -0.3 is 15.0 Å². The summed E-state index contributed by atoms with van der Waals surface area (Å²) in [5.41, 5.74) is 4.38. The number of hydrogen-bond acceptors (Lipinski definition) is 4. The van der Waals surface area contributed by atoms with Crippen molar-refractivity contribution in [1.29, 1.82) is 0 Å². The second-order valence-electron chi connectivity index (χ2n) is 5.25. The van der Waals surface area contributed by atoms with Gasteiger partial charge in [0.25, 0.3) is 0 Å². The summed E-state index contributed by atoms with van der Waals surface area (Å²) >= 11 is 0. The third kappa shape index (κ3) is 2.15. The van der Waals surface area contributed by atoms with Crippen LogP contribution in [-0.4, -0.2) is 22.1 Å². The fourth-order valence-electron chi connectivity index (χ4n) is 2.82. The average Bonchev–Trinajstić information content (AvgIpc) is 2.97. The van der Waals surface area contributed by atoms with Crippen LogP contribution < -0.4 is 10.1 Å². The fourth-order valence-corrected chi connectivity index (χ4v) is 2.82. The molecule has 5 heteroatoms. The number of imidazole rings is 1. The molecule has 2 N–H and O–H groups in total. The normalized spacial score (nSPS) is 17.7. The molecule has 2 aromatic heterocycles. The zero-order chi connectivity index (χ0) is 14.2. The van der Waals surface area contributed by atoms with Gasteiger partial charge in [0.1, 0.15) is 5.82 Å². The third-order valence-corrected chi connectivity index (χ3v) is 3.96. The summed E-state index contributed by atoms with van der Waals surface area (Å²) < 4.78 is 5.14. The molecule has 0 saturated heterocycles. The van der Waals surface area contributed by atoms with Crippen LogP contribution in [0.3, 0.4) is 0 Å². The van der Waals surface area contributed by atoms with Crippen LogP contribution in [-0.2, 0) is 13.0 Å². The highest BCUT2D eigenvalue weighted by Crippen LogP contribution is 2.25. The van der Waals surface area contributed by atoms with Gasteiger partial charge in [0.05, 0.1) is 18.7 Å². The Kier molecular flexibility index (Phi) is 2.86. The lowest BCUT2D eigenvalue weighted by molar-refractivity contribution is 0.399. The number of fused-ring (bicyclic) bond motifs is 2. The number of nitrogens with one attached hydrogen (secondary N) is 2. The molecule has 0 fully saturated rings. The van der Waals surface area contributed by atoms with Crippen LogP contribution in [0.15, 0.2) is 36.4 Å². The van der Waals surface area contributed by atoms with Crippen molar-refractivity contribution >= 4 is 11.2 Å². The van der Waals surface area contributed by atoms with Gasteiger partial charge in [-0.15, -0.1) is 0 Å². The maximum atomic E-state index is 5.14. The Morgan fingerprint density at radius 3 is 2.81 bits per heavy atom. The summed E-state index contributed by atoms with van der Waals surface area (Å²) in [5.74, 6) is 1.52. The van der Waals surface area contributed by atoms with Gasteiger partial charge in [-0.3, -0.25) is 0 Å². The van der Waals surface area contributed by atoms with Crippen molar-refractivity contribution in [3.63, 3.8) is 0 Å². The predicted molar refractivity (Wildman–Crippen MR) is 80.2 cm³/mol. The highest BCUT2D eigenvalue weighted by Gasteiger charge is 2.22. The molecular formula is C16H16N4O. The Morgan fingerprint density at radius 1 is 1.10 bits per heavy atom. The first-order chi connectivity index (χ1) is 10.3. The van der Waals surface area contributed by atoms with Crippen molar-refractivity contribution in [3.8, 4) is 5.88 Å². The molecule has 0 bridgehead atoms. The number of rotatable bonds is 2. The van der Waals surface area contributed by atoms with Crippen molar-refractivity contribution in [3.05, 3.63) is 53.3 Å². The van der Waals surface area contributed by atoms with E-state index < -0.39 is 0 Å². The quantitative estimate of drug-likeness (QED) is 0.756. The zero-order valence-electron chi connectivity index (χ0n) is 11.8. The minimum absolute atomic E-state index is 0.195. The highest BCUT2D eigenvalue weighted by atomic mass is 16.5. The van der Waals surface area contributed by atoms with E-state index in [2.05, 4.69) is 44.5 Å². The van der Waals surface area contributed by atoms with E-state index >= 15 is 0 Å². The highest BCUT2D eigenvalue weighted by molar-refractivity contribution is 5.71. The molecule has 5 nitrogen and oxygen atoms in total. The fraction of sp³-hybridized carbons (Fsp3) is 0.250. The molecule has 0 amide bonds. The Hall–Kier alpha value is -2.40. The minimum Gasteiger partial charge on any atom is -0.481 e. The Balaban J connectivity index is 1.68. The van der Waals surface area contributed by atoms with Crippen LogP contribution in [0.1, 0.15) is 23.0 Å². The van der Waals surface area contributed by atoms with Gasteiger partial charge in [-0.2, -0.15) is 4.98 Å². The van der Waals surface area contributed by atoms with Crippen molar-refractivity contribution in [2.75, 3.05) is 7.11 Å². The number of H-pyrrole nitrogens is 1. The lowest BCUT2D eigenvalue weighted by atomic mass is 9.96. The van der Waals surface area contributed by atoms with Crippen LogP contribution in [0.2, 0.25) is 0 Å². The molecule has 1 atom stereocenters. The molecule has 0 radical (unpaired) electrons. The molecule has 0 aliphatic carbocycles. The van der Waals surface area contributed by atoms with Gasteiger partial charge in [-0.1, -0.05) is 24.3 Å². The molecule has 1 aliphatic heterocycles. The van der Waals surface area contributed by atoms with Gasteiger partial charge >= 0.3 is 0 Å². The van der Waals surface area contributed by atoms with E-state index in [0.29, 0.717) is 11.5 Å². The molecule has 106 valence electrons. The largest absolute Gasteiger partial charge is 0.481 e. The molecular weight excluding hydrogens is 264 g/mol. The van der Waals surface area contributed by atoms with Gasteiger partial charge in [0.15, 0.2) is 5.65 Å². The molecule has 0 spiro atoms. The number of aromatic nitrogens is 3. The molecule has 3 aromatic rings. The summed E-state index contributed by atoms with van der Waals surface area (Å²) in [6, 6.07) is 12.5. The number of ether oxygens (including phenoxy) is 1. The van der Waals surface area contributed by atoms with Gasteiger partial charge in [0, 0.05) is 12.6 Å². The van der Waals surface area contributed by atoms with E-state index in [1.165, 1.54) is 11.1 Å².